The molecule has 0 saturated carbocycles. The number of hydrogen-bond donors (Lipinski definition) is 1. The molecular weight excluding hydrogens is 256 g/mol. The number of aliphatic hydroxyl groups is 1. The summed E-state index contributed by atoms with van der Waals surface area (Å²) in [4.78, 5) is 17.6. The van der Waals surface area contributed by atoms with Crippen LogP contribution in [0.15, 0.2) is 42.7 Å². The molecule has 1 atom stereocenters. The van der Waals surface area contributed by atoms with Gasteiger partial charge in [-0.1, -0.05) is 12.1 Å². The molecule has 3 rings (SSSR count). The van der Waals surface area contributed by atoms with Crippen LogP contribution in [0.3, 0.4) is 0 Å². The quantitative estimate of drug-likeness (QED) is 0.922. The topological polar surface area (TPSA) is 62.7 Å². The van der Waals surface area contributed by atoms with E-state index in [-0.39, 0.29) is 5.91 Å². The Morgan fingerprint density at radius 1 is 1.30 bits per heavy atom. The molecule has 20 heavy (non-hydrogen) atoms. The van der Waals surface area contributed by atoms with Crippen LogP contribution in [-0.4, -0.2) is 28.0 Å². The van der Waals surface area contributed by atoms with Crippen molar-refractivity contribution in [3.8, 4) is 5.75 Å². The summed E-state index contributed by atoms with van der Waals surface area (Å²) in [5, 5.41) is 10.2. The van der Waals surface area contributed by atoms with Crippen LogP contribution >= 0.6 is 0 Å². The van der Waals surface area contributed by atoms with Crippen molar-refractivity contribution in [1.82, 2.24) is 9.88 Å². The highest BCUT2D eigenvalue weighted by molar-refractivity contribution is 5.98. The smallest absolute Gasteiger partial charge is 0.257 e. The lowest BCUT2D eigenvalue weighted by Gasteiger charge is -2.20. The third-order valence-corrected chi connectivity index (χ3v) is 3.43. The SMILES string of the molecule is COc1ccc(CN2C(=O)c3ccncc3C2O)cc1. The van der Waals surface area contributed by atoms with Gasteiger partial charge in [0.1, 0.15) is 5.75 Å². The van der Waals surface area contributed by atoms with Crippen molar-refractivity contribution >= 4 is 5.91 Å². The molecule has 1 amide bonds. The predicted molar refractivity (Wildman–Crippen MR) is 72.1 cm³/mol. The molecule has 5 heteroatoms. The summed E-state index contributed by atoms with van der Waals surface area (Å²) in [6.45, 7) is 0.346. The van der Waals surface area contributed by atoms with E-state index in [4.69, 9.17) is 4.74 Å². The molecule has 2 aromatic rings. The maximum atomic E-state index is 12.2. The average Bonchev–Trinajstić information content (AvgIpc) is 2.74. The number of aliphatic hydroxyl groups excluding tert-OH is 1. The van der Waals surface area contributed by atoms with Crippen molar-refractivity contribution in [2.75, 3.05) is 7.11 Å². The van der Waals surface area contributed by atoms with Gasteiger partial charge in [-0.25, -0.2) is 0 Å². The minimum Gasteiger partial charge on any atom is -0.497 e. The monoisotopic (exact) mass is 270 g/mol. The number of carbonyl (C=O) groups is 1. The number of ether oxygens (including phenoxy) is 1. The first-order valence-corrected chi connectivity index (χ1v) is 6.26. The van der Waals surface area contributed by atoms with Gasteiger partial charge >= 0.3 is 0 Å². The Balaban J connectivity index is 1.83. The van der Waals surface area contributed by atoms with Gasteiger partial charge in [-0.2, -0.15) is 0 Å². The molecule has 2 heterocycles. The number of carbonyl (C=O) groups excluding carboxylic acids is 1. The van der Waals surface area contributed by atoms with Gasteiger partial charge in [-0.05, 0) is 23.8 Å². The zero-order valence-corrected chi connectivity index (χ0v) is 11.0. The van der Waals surface area contributed by atoms with E-state index in [1.165, 1.54) is 11.1 Å². The fourth-order valence-electron chi connectivity index (χ4n) is 2.33. The Kier molecular flexibility index (Phi) is 3.12. The largest absolute Gasteiger partial charge is 0.497 e. The van der Waals surface area contributed by atoms with E-state index in [1.807, 2.05) is 24.3 Å². The van der Waals surface area contributed by atoms with Gasteiger partial charge in [0.15, 0.2) is 6.23 Å². The van der Waals surface area contributed by atoms with Crippen LogP contribution in [0.5, 0.6) is 5.75 Å². The molecular formula is C15H14N2O3. The van der Waals surface area contributed by atoms with Crippen LogP contribution in [0, 0.1) is 0 Å². The molecule has 1 aromatic heterocycles. The second-order valence-electron chi connectivity index (χ2n) is 4.62. The van der Waals surface area contributed by atoms with E-state index >= 15 is 0 Å². The highest BCUT2D eigenvalue weighted by Gasteiger charge is 2.35. The van der Waals surface area contributed by atoms with E-state index in [2.05, 4.69) is 4.98 Å². The summed E-state index contributed by atoms with van der Waals surface area (Å²) in [7, 11) is 1.60. The normalized spacial score (nSPS) is 17.2. The van der Waals surface area contributed by atoms with Crippen LogP contribution in [-0.2, 0) is 6.54 Å². The van der Waals surface area contributed by atoms with Crippen molar-refractivity contribution in [3.63, 3.8) is 0 Å². The number of nitrogens with zero attached hydrogens (tertiary/aromatic N) is 2. The molecule has 0 saturated heterocycles. The van der Waals surface area contributed by atoms with Gasteiger partial charge in [-0.3, -0.25) is 9.78 Å². The number of hydrogen-bond acceptors (Lipinski definition) is 4. The molecule has 1 aliphatic rings. The van der Waals surface area contributed by atoms with Crippen LogP contribution < -0.4 is 4.74 Å². The van der Waals surface area contributed by atoms with Gasteiger partial charge in [0.05, 0.1) is 12.7 Å². The Hall–Kier alpha value is -2.40. The van der Waals surface area contributed by atoms with Crippen molar-refractivity contribution in [2.24, 2.45) is 0 Å². The van der Waals surface area contributed by atoms with Crippen molar-refractivity contribution in [3.05, 3.63) is 59.4 Å². The lowest BCUT2D eigenvalue weighted by molar-refractivity contribution is 0.0136. The number of amides is 1. The van der Waals surface area contributed by atoms with Crippen LogP contribution in [0.1, 0.15) is 27.7 Å². The van der Waals surface area contributed by atoms with Gasteiger partial charge in [0.2, 0.25) is 0 Å². The number of rotatable bonds is 3. The van der Waals surface area contributed by atoms with E-state index in [9.17, 15) is 9.90 Å². The Morgan fingerprint density at radius 3 is 2.70 bits per heavy atom. The molecule has 0 aliphatic carbocycles. The molecule has 0 radical (unpaired) electrons. The average molecular weight is 270 g/mol. The standard InChI is InChI=1S/C15H14N2O3/c1-20-11-4-2-10(3-5-11)9-17-14(18)12-6-7-16-8-13(12)15(17)19/h2-8,15,19H,9H2,1H3. The number of pyridine rings is 1. The van der Waals surface area contributed by atoms with E-state index in [0.717, 1.165) is 11.3 Å². The van der Waals surface area contributed by atoms with Crippen LogP contribution in [0.25, 0.3) is 0 Å². The Morgan fingerprint density at radius 2 is 2.05 bits per heavy atom. The summed E-state index contributed by atoms with van der Waals surface area (Å²) >= 11 is 0. The van der Waals surface area contributed by atoms with Gasteiger partial charge < -0.3 is 14.7 Å². The Bertz CT molecular complexity index is 640. The summed E-state index contributed by atoms with van der Waals surface area (Å²) in [5.74, 6) is 0.584. The number of benzene rings is 1. The third kappa shape index (κ3) is 2.02. The fourth-order valence-corrected chi connectivity index (χ4v) is 2.33. The molecule has 0 fully saturated rings. The van der Waals surface area contributed by atoms with E-state index in [0.29, 0.717) is 17.7 Å². The van der Waals surface area contributed by atoms with E-state index < -0.39 is 6.23 Å². The van der Waals surface area contributed by atoms with Gasteiger partial charge in [0, 0.05) is 24.5 Å². The fraction of sp³-hybridized carbons (Fsp3) is 0.200. The molecule has 0 spiro atoms. The van der Waals surface area contributed by atoms with Crippen molar-refractivity contribution in [2.45, 2.75) is 12.8 Å². The summed E-state index contributed by atoms with van der Waals surface area (Å²) < 4.78 is 5.09. The minimum atomic E-state index is -0.937. The van der Waals surface area contributed by atoms with Gasteiger partial charge in [0.25, 0.3) is 5.91 Å². The van der Waals surface area contributed by atoms with E-state index in [1.54, 1.807) is 19.4 Å². The Labute approximate surface area is 116 Å². The second kappa shape index (κ2) is 4.94. The zero-order valence-electron chi connectivity index (χ0n) is 11.0. The number of methoxy groups -OCH3 is 1. The predicted octanol–water partition coefficient (Wildman–Crippen LogP) is 1.74. The molecule has 5 nitrogen and oxygen atoms in total. The minimum absolute atomic E-state index is 0.175. The highest BCUT2D eigenvalue weighted by atomic mass is 16.5. The molecule has 1 unspecified atom stereocenters. The summed E-state index contributed by atoms with van der Waals surface area (Å²) in [5.41, 5.74) is 2.01. The molecule has 1 N–H and O–H groups in total. The number of aromatic nitrogens is 1. The maximum Gasteiger partial charge on any atom is 0.257 e. The lowest BCUT2D eigenvalue weighted by Crippen LogP contribution is -2.27. The highest BCUT2D eigenvalue weighted by Crippen LogP contribution is 2.32. The third-order valence-electron chi connectivity index (χ3n) is 3.43. The lowest BCUT2D eigenvalue weighted by atomic mass is 10.2. The maximum absolute atomic E-state index is 12.2. The first-order chi connectivity index (χ1) is 9.70. The van der Waals surface area contributed by atoms with Crippen molar-refractivity contribution < 1.29 is 14.6 Å². The summed E-state index contributed by atoms with van der Waals surface area (Å²) in [6, 6.07) is 9.04. The first kappa shape index (κ1) is 12.6. The molecule has 102 valence electrons. The second-order valence-corrected chi connectivity index (χ2v) is 4.62. The van der Waals surface area contributed by atoms with Crippen molar-refractivity contribution in [1.29, 1.82) is 0 Å². The molecule has 1 aliphatic heterocycles. The van der Waals surface area contributed by atoms with Crippen LogP contribution in [0.2, 0.25) is 0 Å². The first-order valence-electron chi connectivity index (χ1n) is 6.26. The van der Waals surface area contributed by atoms with Gasteiger partial charge in [-0.15, -0.1) is 0 Å². The summed E-state index contributed by atoms with van der Waals surface area (Å²) in [6.07, 6.45) is 2.15. The van der Waals surface area contributed by atoms with Crippen LogP contribution in [0.4, 0.5) is 0 Å². The molecule has 1 aromatic carbocycles. The zero-order chi connectivity index (χ0) is 14.1. The number of fused-ring (bicyclic) bond motifs is 1. The molecule has 0 bridgehead atoms.